The van der Waals surface area contributed by atoms with Gasteiger partial charge in [-0.1, -0.05) is 63.6 Å². The molecule has 0 radical (unpaired) electrons. The van der Waals surface area contributed by atoms with Crippen LogP contribution in [0.4, 0.5) is 0 Å². The predicted octanol–water partition coefficient (Wildman–Crippen LogP) is 4.82. The highest BCUT2D eigenvalue weighted by atomic mass is 16.6. The minimum absolute atomic E-state index is 0.0841. The Morgan fingerprint density at radius 2 is 1.59 bits per heavy atom. The number of carbonyl (C=O) groups excluding carboxylic acids is 3. The number of esters is 3. The standard InChI is InChI=1S/C30H36O7/c1-19(2)23-15-14-20(3)17-30(23,34)24-16-25(36-28(32)22-12-8-5-9-13-22)26(37-29(24)33)18-35-27(31)21-10-6-4-7-11-21/h4-13,19-20,23-26,34H,14-18H2,1-3H3/t20-,23+,24+,25+,26-,30+/m1/s1. The maximum absolute atomic E-state index is 13.3. The number of hydrogen-bond acceptors (Lipinski definition) is 7. The second-order valence-electron chi connectivity index (χ2n) is 10.8. The summed E-state index contributed by atoms with van der Waals surface area (Å²) in [5.41, 5.74) is -0.543. The van der Waals surface area contributed by atoms with Gasteiger partial charge in [0, 0.05) is 6.42 Å². The van der Waals surface area contributed by atoms with Crippen LogP contribution >= 0.6 is 0 Å². The van der Waals surface area contributed by atoms with Crippen molar-refractivity contribution in [1.29, 1.82) is 0 Å². The van der Waals surface area contributed by atoms with Crippen molar-refractivity contribution < 1.29 is 33.7 Å². The average molecular weight is 509 g/mol. The second-order valence-corrected chi connectivity index (χ2v) is 10.8. The Hall–Kier alpha value is -3.19. The van der Waals surface area contributed by atoms with E-state index in [-0.39, 0.29) is 30.8 Å². The summed E-state index contributed by atoms with van der Waals surface area (Å²) < 4.78 is 17.1. The molecule has 1 saturated heterocycles. The summed E-state index contributed by atoms with van der Waals surface area (Å²) in [7, 11) is 0. The van der Waals surface area contributed by atoms with E-state index in [9.17, 15) is 19.5 Å². The number of ether oxygens (including phenoxy) is 3. The Balaban J connectivity index is 1.57. The van der Waals surface area contributed by atoms with Crippen LogP contribution in [-0.2, 0) is 19.0 Å². The lowest BCUT2D eigenvalue weighted by Gasteiger charge is -2.50. The first-order valence-corrected chi connectivity index (χ1v) is 13.1. The van der Waals surface area contributed by atoms with Crippen LogP contribution in [0.15, 0.2) is 60.7 Å². The molecule has 7 heteroatoms. The molecule has 1 aliphatic heterocycles. The first-order chi connectivity index (χ1) is 17.7. The molecule has 198 valence electrons. The lowest BCUT2D eigenvalue weighted by atomic mass is 9.60. The molecule has 6 atom stereocenters. The van der Waals surface area contributed by atoms with Crippen LogP contribution in [0, 0.1) is 23.7 Å². The van der Waals surface area contributed by atoms with Gasteiger partial charge >= 0.3 is 17.9 Å². The van der Waals surface area contributed by atoms with E-state index < -0.39 is 41.6 Å². The number of cyclic esters (lactones) is 1. The third-order valence-electron chi connectivity index (χ3n) is 7.79. The number of carbonyl (C=O) groups is 3. The fourth-order valence-corrected chi connectivity index (χ4v) is 5.89. The lowest BCUT2D eigenvalue weighted by Crippen LogP contribution is -2.59. The van der Waals surface area contributed by atoms with E-state index in [0.717, 1.165) is 12.8 Å². The first kappa shape index (κ1) is 26.9. The van der Waals surface area contributed by atoms with E-state index in [4.69, 9.17) is 14.2 Å². The van der Waals surface area contributed by atoms with Crippen molar-refractivity contribution in [1.82, 2.24) is 0 Å². The van der Waals surface area contributed by atoms with Gasteiger partial charge < -0.3 is 19.3 Å². The molecule has 1 aliphatic carbocycles. The van der Waals surface area contributed by atoms with Crippen molar-refractivity contribution in [2.24, 2.45) is 23.7 Å². The largest absolute Gasteiger partial charge is 0.458 e. The lowest BCUT2D eigenvalue weighted by molar-refractivity contribution is -0.205. The molecule has 2 aromatic carbocycles. The van der Waals surface area contributed by atoms with Gasteiger partial charge in [-0.3, -0.25) is 4.79 Å². The molecule has 37 heavy (non-hydrogen) atoms. The van der Waals surface area contributed by atoms with E-state index >= 15 is 0 Å². The molecule has 0 aromatic heterocycles. The van der Waals surface area contributed by atoms with Crippen LogP contribution < -0.4 is 0 Å². The highest BCUT2D eigenvalue weighted by molar-refractivity contribution is 5.90. The monoisotopic (exact) mass is 508 g/mol. The molecular weight excluding hydrogens is 472 g/mol. The minimum atomic E-state index is -1.27. The van der Waals surface area contributed by atoms with Crippen molar-refractivity contribution in [2.45, 2.75) is 64.3 Å². The van der Waals surface area contributed by atoms with Crippen LogP contribution in [-0.4, -0.2) is 47.4 Å². The zero-order valence-electron chi connectivity index (χ0n) is 21.7. The van der Waals surface area contributed by atoms with Crippen LogP contribution in [0.1, 0.15) is 67.2 Å². The summed E-state index contributed by atoms with van der Waals surface area (Å²) in [5, 5.41) is 12.0. The van der Waals surface area contributed by atoms with Gasteiger partial charge in [-0.05, 0) is 54.9 Å². The summed E-state index contributed by atoms with van der Waals surface area (Å²) in [4.78, 5) is 38.8. The van der Waals surface area contributed by atoms with E-state index in [1.54, 1.807) is 60.7 Å². The molecule has 7 nitrogen and oxygen atoms in total. The number of rotatable bonds is 7. The van der Waals surface area contributed by atoms with Crippen molar-refractivity contribution in [3.8, 4) is 0 Å². The number of hydrogen-bond donors (Lipinski definition) is 1. The Morgan fingerprint density at radius 3 is 2.19 bits per heavy atom. The number of aliphatic hydroxyl groups is 1. The first-order valence-electron chi connectivity index (χ1n) is 13.1. The van der Waals surface area contributed by atoms with E-state index in [2.05, 4.69) is 20.8 Å². The van der Waals surface area contributed by atoms with Gasteiger partial charge in [0.2, 0.25) is 0 Å². The Bertz CT molecular complexity index is 1080. The summed E-state index contributed by atoms with van der Waals surface area (Å²) in [6.07, 6.45) is 0.502. The topological polar surface area (TPSA) is 99.1 Å². The van der Waals surface area contributed by atoms with Crippen molar-refractivity contribution in [2.75, 3.05) is 6.61 Å². The molecule has 2 aromatic rings. The minimum Gasteiger partial charge on any atom is -0.458 e. The van der Waals surface area contributed by atoms with Gasteiger partial charge in [-0.2, -0.15) is 0 Å². The summed E-state index contributed by atoms with van der Waals surface area (Å²) in [6, 6.07) is 17.1. The second kappa shape index (κ2) is 11.5. The third-order valence-corrected chi connectivity index (χ3v) is 7.79. The summed E-state index contributed by atoms with van der Waals surface area (Å²) in [5.74, 6) is -2.19. The van der Waals surface area contributed by atoms with Gasteiger partial charge in [0.25, 0.3) is 0 Å². The zero-order valence-corrected chi connectivity index (χ0v) is 21.7. The highest BCUT2D eigenvalue weighted by Gasteiger charge is 2.55. The van der Waals surface area contributed by atoms with E-state index in [1.807, 2.05) is 0 Å². The van der Waals surface area contributed by atoms with Gasteiger partial charge in [0.1, 0.15) is 12.7 Å². The van der Waals surface area contributed by atoms with Gasteiger partial charge in [-0.25, -0.2) is 9.59 Å². The molecule has 1 N–H and O–H groups in total. The molecule has 2 fully saturated rings. The van der Waals surface area contributed by atoms with Gasteiger partial charge in [0.15, 0.2) is 6.10 Å². The fraction of sp³-hybridized carbons (Fsp3) is 0.500. The van der Waals surface area contributed by atoms with Crippen molar-refractivity contribution in [3.63, 3.8) is 0 Å². The number of benzene rings is 2. The van der Waals surface area contributed by atoms with Crippen LogP contribution in [0.2, 0.25) is 0 Å². The van der Waals surface area contributed by atoms with Crippen LogP contribution in [0.3, 0.4) is 0 Å². The third kappa shape index (κ3) is 6.04. The Kier molecular flexibility index (Phi) is 8.32. The van der Waals surface area contributed by atoms with Crippen molar-refractivity contribution >= 4 is 17.9 Å². The van der Waals surface area contributed by atoms with Gasteiger partial charge in [-0.15, -0.1) is 0 Å². The van der Waals surface area contributed by atoms with Gasteiger partial charge in [0.05, 0.1) is 22.6 Å². The molecule has 0 amide bonds. The Morgan fingerprint density at radius 1 is 1.00 bits per heavy atom. The average Bonchev–Trinajstić information content (AvgIpc) is 2.89. The Labute approximate surface area is 218 Å². The molecule has 4 rings (SSSR count). The zero-order chi connectivity index (χ0) is 26.6. The molecule has 0 bridgehead atoms. The SMILES string of the molecule is CC(C)[C@@H]1CC[C@@H](C)C[C@@]1(O)[C@H]1C[C@H](OC(=O)c2ccccc2)[C@@H](COC(=O)c2ccccc2)OC1=O. The van der Waals surface area contributed by atoms with Crippen LogP contribution in [0.25, 0.3) is 0 Å². The highest BCUT2D eigenvalue weighted by Crippen LogP contribution is 2.48. The van der Waals surface area contributed by atoms with Crippen molar-refractivity contribution in [3.05, 3.63) is 71.8 Å². The quantitative estimate of drug-likeness (QED) is 0.423. The maximum Gasteiger partial charge on any atom is 0.338 e. The molecule has 0 spiro atoms. The molecule has 0 unspecified atom stereocenters. The molecular formula is C30H36O7. The molecule has 1 heterocycles. The summed E-state index contributed by atoms with van der Waals surface area (Å²) in [6.45, 7) is 5.92. The van der Waals surface area contributed by atoms with E-state index in [0.29, 0.717) is 17.5 Å². The summed E-state index contributed by atoms with van der Waals surface area (Å²) >= 11 is 0. The maximum atomic E-state index is 13.3. The fourth-order valence-electron chi connectivity index (χ4n) is 5.89. The molecule has 1 saturated carbocycles. The normalized spacial score (nSPS) is 29.9. The van der Waals surface area contributed by atoms with E-state index in [1.165, 1.54) is 0 Å². The molecule has 2 aliphatic rings. The predicted molar refractivity (Wildman–Crippen MR) is 137 cm³/mol. The van der Waals surface area contributed by atoms with Crippen LogP contribution in [0.5, 0.6) is 0 Å². The smallest absolute Gasteiger partial charge is 0.338 e.